The second-order valence-electron chi connectivity index (χ2n) is 8.97. The van der Waals surface area contributed by atoms with Crippen LogP contribution in [0.1, 0.15) is 80.6 Å². The molecule has 3 unspecified atom stereocenters. The normalized spacial score (nSPS) is 32.7. The molecule has 2 rings (SSSR count). The molecule has 0 bridgehead atoms. The van der Waals surface area contributed by atoms with E-state index in [2.05, 4.69) is 53.8 Å². The molecular formula is C20H41N. The van der Waals surface area contributed by atoms with Gasteiger partial charge in [-0.1, -0.05) is 67.7 Å². The second-order valence-corrected chi connectivity index (χ2v) is 8.97. The van der Waals surface area contributed by atoms with Crippen molar-refractivity contribution in [3.8, 4) is 0 Å². The van der Waals surface area contributed by atoms with Gasteiger partial charge in [-0.05, 0) is 54.4 Å². The Morgan fingerprint density at radius 3 is 1.90 bits per heavy atom. The fourth-order valence-corrected chi connectivity index (χ4v) is 4.76. The van der Waals surface area contributed by atoms with E-state index < -0.39 is 0 Å². The number of hydrogen-bond acceptors (Lipinski definition) is 1. The number of piperidine rings is 1. The van der Waals surface area contributed by atoms with Crippen LogP contribution in [-0.4, -0.2) is 13.1 Å². The molecule has 2 aliphatic rings. The van der Waals surface area contributed by atoms with E-state index in [0.29, 0.717) is 5.41 Å². The minimum Gasteiger partial charge on any atom is -0.316 e. The SMILES string of the molecule is CC(C)C1CCCCC1C.CC(C)C1CCNCC1(C)C. The van der Waals surface area contributed by atoms with Crippen LogP contribution in [0.3, 0.4) is 0 Å². The Morgan fingerprint density at radius 1 is 0.905 bits per heavy atom. The molecule has 1 aliphatic carbocycles. The molecule has 1 nitrogen and oxygen atoms in total. The van der Waals surface area contributed by atoms with Crippen molar-refractivity contribution in [3.05, 3.63) is 0 Å². The molecule has 3 atom stereocenters. The van der Waals surface area contributed by atoms with Gasteiger partial charge in [0.25, 0.3) is 0 Å². The average Bonchev–Trinajstić information content (AvgIpc) is 2.38. The van der Waals surface area contributed by atoms with Crippen LogP contribution in [-0.2, 0) is 0 Å². The molecule has 1 saturated heterocycles. The van der Waals surface area contributed by atoms with Gasteiger partial charge in [-0.15, -0.1) is 0 Å². The molecule has 0 amide bonds. The Bertz CT molecular complexity index is 280. The van der Waals surface area contributed by atoms with Gasteiger partial charge in [-0.25, -0.2) is 0 Å². The van der Waals surface area contributed by atoms with Crippen LogP contribution >= 0.6 is 0 Å². The molecule has 1 heteroatoms. The average molecular weight is 296 g/mol. The standard InChI is InChI=1S/C10H21N.C10H20/c1-8(2)9-5-6-11-7-10(9,3)4;1-8(2)10-7-5-4-6-9(10)3/h8-9,11H,5-7H2,1-4H3;8-10H,4-7H2,1-3H3. The lowest BCUT2D eigenvalue weighted by Crippen LogP contribution is -2.44. The lowest BCUT2D eigenvalue weighted by atomic mass is 9.69. The van der Waals surface area contributed by atoms with Crippen LogP contribution in [0, 0.1) is 35.0 Å². The molecule has 2 fully saturated rings. The summed E-state index contributed by atoms with van der Waals surface area (Å²) in [5.74, 6) is 4.67. The predicted molar refractivity (Wildman–Crippen MR) is 95.6 cm³/mol. The monoisotopic (exact) mass is 295 g/mol. The molecule has 1 saturated carbocycles. The molecule has 0 radical (unpaired) electrons. The largest absolute Gasteiger partial charge is 0.316 e. The van der Waals surface area contributed by atoms with E-state index in [1.807, 2.05) is 0 Å². The van der Waals surface area contributed by atoms with Gasteiger partial charge < -0.3 is 5.32 Å². The lowest BCUT2D eigenvalue weighted by Gasteiger charge is -2.41. The summed E-state index contributed by atoms with van der Waals surface area (Å²) >= 11 is 0. The summed E-state index contributed by atoms with van der Waals surface area (Å²) in [7, 11) is 0. The van der Waals surface area contributed by atoms with Crippen LogP contribution < -0.4 is 5.32 Å². The van der Waals surface area contributed by atoms with Gasteiger partial charge >= 0.3 is 0 Å². The maximum absolute atomic E-state index is 3.46. The van der Waals surface area contributed by atoms with Crippen molar-refractivity contribution < 1.29 is 0 Å². The van der Waals surface area contributed by atoms with Crippen LogP contribution in [0.2, 0.25) is 0 Å². The quantitative estimate of drug-likeness (QED) is 0.684. The molecule has 0 aromatic rings. The zero-order valence-electron chi connectivity index (χ0n) is 15.8. The Kier molecular flexibility index (Phi) is 7.74. The molecule has 1 N–H and O–H groups in total. The predicted octanol–water partition coefficient (Wildman–Crippen LogP) is 5.75. The molecule has 0 spiro atoms. The third-order valence-electron chi connectivity index (χ3n) is 6.06. The fourth-order valence-electron chi connectivity index (χ4n) is 4.76. The maximum Gasteiger partial charge on any atom is 0.000528 e. The molecule has 126 valence electrons. The summed E-state index contributed by atoms with van der Waals surface area (Å²) in [6.45, 7) is 19.0. The zero-order valence-corrected chi connectivity index (χ0v) is 15.8. The minimum atomic E-state index is 0.506. The smallest absolute Gasteiger partial charge is 0.000528 e. The van der Waals surface area contributed by atoms with E-state index in [1.165, 1.54) is 45.2 Å². The zero-order chi connectivity index (χ0) is 16.0. The lowest BCUT2D eigenvalue weighted by molar-refractivity contribution is 0.111. The van der Waals surface area contributed by atoms with Crippen LogP contribution in [0.25, 0.3) is 0 Å². The van der Waals surface area contributed by atoms with Gasteiger partial charge in [0.15, 0.2) is 0 Å². The Hall–Kier alpha value is -0.0400. The van der Waals surface area contributed by atoms with Gasteiger partial charge in [0.1, 0.15) is 0 Å². The van der Waals surface area contributed by atoms with E-state index in [0.717, 1.165) is 29.6 Å². The highest BCUT2D eigenvalue weighted by molar-refractivity contribution is 4.86. The number of hydrogen-bond donors (Lipinski definition) is 1. The van der Waals surface area contributed by atoms with Crippen molar-refractivity contribution in [1.82, 2.24) is 5.32 Å². The van der Waals surface area contributed by atoms with Gasteiger partial charge in [-0.2, -0.15) is 0 Å². The van der Waals surface area contributed by atoms with Crippen LogP contribution in [0.5, 0.6) is 0 Å². The van der Waals surface area contributed by atoms with Gasteiger partial charge in [0.05, 0.1) is 0 Å². The van der Waals surface area contributed by atoms with Crippen molar-refractivity contribution in [2.24, 2.45) is 35.0 Å². The van der Waals surface area contributed by atoms with Crippen molar-refractivity contribution in [3.63, 3.8) is 0 Å². The Balaban J connectivity index is 0.000000211. The van der Waals surface area contributed by atoms with Crippen molar-refractivity contribution >= 4 is 0 Å². The van der Waals surface area contributed by atoms with E-state index in [-0.39, 0.29) is 0 Å². The van der Waals surface area contributed by atoms with Crippen molar-refractivity contribution in [2.75, 3.05) is 13.1 Å². The first kappa shape index (κ1) is 19.0. The first-order valence-electron chi connectivity index (χ1n) is 9.46. The Labute approximate surface area is 134 Å². The summed E-state index contributed by atoms with van der Waals surface area (Å²) < 4.78 is 0. The first-order valence-corrected chi connectivity index (χ1v) is 9.46. The number of nitrogens with one attached hydrogen (secondary N) is 1. The summed E-state index contributed by atoms with van der Waals surface area (Å²) in [6, 6.07) is 0. The van der Waals surface area contributed by atoms with Gasteiger partial charge in [0, 0.05) is 6.54 Å². The van der Waals surface area contributed by atoms with Crippen molar-refractivity contribution in [2.45, 2.75) is 80.6 Å². The fraction of sp³-hybridized carbons (Fsp3) is 1.00. The molecule has 0 aromatic carbocycles. The summed E-state index contributed by atoms with van der Waals surface area (Å²) in [4.78, 5) is 0. The van der Waals surface area contributed by atoms with E-state index in [4.69, 9.17) is 0 Å². The summed E-state index contributed by atoms with van der Waals surface area (Å²) in [5.41, 5.74) is 0.506. The molecule has 21 heavy (non-hydrogen) atoms. The van der Waals surface area contributed by atoms with E-state index >= 15 is 0 Å². The minimum absolute atomic E-state index is 0.506. The first-order chi connectivity index (χ1) is 9.75. The topological polar surface area (TPSA) is 12.0 Å². The molecular weight excluding hydrogens is 254 g/mol. The summed E-state index contributed by atoms with van der Waals surface area (Å²) in [5, 5.41) is 3.46. The van der Waals surface area contributed by atoms with Crippen LogP contribution in [0.4, 0.5) is 0 Å². The third-order valence-corrected chi connectivity index (χ3v) is 6.06. The van der Waals surface area contributed by atoms with E-state index in [1.54, 1.807) is 0 Å². The number of rotatable bonds is 2. The molecule has 1 heterocycles. The van der Waals surface area contributed by atoms with E-state index in [9.17, 15) is 0 Å². The molecule has 1 aliphatic heterocycles. The highest BCUT2D eigenvalue weighted by atomic mass is 14.9. The third kappa shape index (κ3) is 5.93. The van der Waals surface area contributed by atoms with Crippen molar-refractivity contribution in [1.29, 1.82) is 0 Å². The maximum atomic E-state index is 3.46. The summed E-state index contributed by atoms with van der Waals surface area (Å²) in [6.07, 6.45) is 7.27. The highest BCUT2D eigenvalue weighted by Crippen LogP contribution is 2.36. The highest BCUT2D eigenvalue weighted by Gasteiger charge is 2.33. The van der Waals surface area contributed by atoms with Gasteiger partial charge in [0.2, 0.25) is 0 Å². The Morgan fingerprint density at radius 2 is 1.52 bits per heavy atom. The molecule has 0 aromatic heterocycles. The van der Waals surface area contributed by atoms with Gasteiger partial charge in [-0.3, -0.25) is 0 Å². The second kappa shape index (κ2) is 8.56. The van der Waals surface area contributed by atoms with Crippen LogP contribution in [0.15, 0.2) is 0 Å².